The number of hydrogen-bond acceptors (Lipinski definition) is 3. The number of aromatic nitrogens is 2. The smallest absolute Gasteiger partial charge is 0.327 e. The summed E-state index contributed by atoms with van der Waals surface area (Å²) in [4.78, 5) is 30.3. The van der Waals surface area contributed by atoms with Crippen molar-refractivity contribution >= 4 is 11.9 Å². The van der Waals surface area contributed by atoms with Crippen molar-refractivity contribution in [1.82, 2.24) is 19.4 Å². The summed E-state index contributed by atoms with van der Waals surface area (Å²) >= 11 is 0. The van der Waals surface area contributed by atoms with Gasteiger partial charge in [0.2, 0.25) is 0 Å². The molecule has 1 aliphatic heterocycles. The zero-order chi connectivity index (χ0) is 13.3. The lowest BCUT2D eigenvalue weighted by atomic mass is 10.2. The number of likely N-dealkylation sites (N-methyl/N-ethyl adjacent to an activating group) is 1. The van der Waals surface area contributed by atoms with Crippen molar-refractivity contribution in [1.29, 1.82) is 0 Å². The average Bonchev–Trinajstić information content (AvgIpc) is 2.79. The fourth-order valence-corrected chi connectivity index (χ4v) is 2.02. The number of amides is 3. The molecule has 1 aromatic rings. The van der Waals surface area contributed by atoms with Crippen LogP contribution in [0.15, 0.2) is 12.4 Å². The van der Waals surface area contributed by atoms with Crippen LogP contribution in [0.1, 0.15) is 19.7 Å². The first-order valence-corrected chi connectivity index (χ1v) is 6.04. The summed E-state index contributed by atoms with van der Waals surface area (Å²) in [5, 5.41) is 0. The highest BCUT2D eigenvalue weighted by Crippen LogP contribution is 2.13. The maximum Gasteiger partial charge on any atom is 0.327 e. The van der Waals surface area contributed by atoms with E-state index in [1.807, 2.05) is 10.8 Å². The van der Waals surface area contributed by atoms with Crippen LogP contribution in [0.5, 0.6) is 0 Å². The van der Waals surface area contributed by atoms with Gasteiger partial charge in [0.15, 0.2) is 0 Å². The molecule has 6 heteroatoms. The molecule has 1 saturated heterocycles. The van der Waals surface area contributed by atoms with Crippen LogP contribution in [0.3, 0.4) is 0 Å². The Morgan fingerprint density at radius 3 is 2.67 bits per heavy atom. The van der Waals surface area contributed by atoms with E-state index in [2.05, 4.69) is 18.8 Å². The SMILES string of the molecule is CC(C)Cn1ccnc1CN1C(=O)CN(C)C1=O. The number of nitrogens with zero attached hydrogens (tertiary/aromatic N) is 4. The molecule has 18 heavy (non-hydrogen) atoms. The van der Waals surface area contributed by atoms with Crippen molar-refractivity contribution in [2.24, 2.45) is 5.92 Å². The summed E-state index contributed by atoms with van der Waals surface area (Å²) < 4.78 is 1.99. The molecule has 6 nitrogen and oxygen atoms in total. The molecule has 0 N–H and O–H groups in total. The predicted octanol–water partition coefficient (Wildman–Crippen LogP) is 0.933. The van der Waals surface area contributed by atoms with E-state index in [4.69, 9.17) is 0 Å². The standard InChI is InChI=1S/C12H18N4O2/c1-9(2)6-15-5-4-13-10(15)7-16-11(17)8-14(3)12(16)18/h4-5,9H,6-8H2,1-3H3. The molecule has 0 aromatic carbocycles. The Bertz CT molecular complexity index is 466. The van der Waals surface area contributed by atoms with E-state index in [0.29, 0.717) is 5.92 Å². The first-order chi connectivity index (χ1) is 8.49. The Morgan fingerprint density at radius 2 is 2.11 bits per heavy atom. The van der Waals surface area contributed by atoms with Gasteiger partial charge in [0.1, 0.15) is 12.4 Å². The quantitative estimate of drug-likeness (QED) is 0.747. The highest BCUT2D eigenvalue weighted by atomic mass is 16.2. The Balaban J connectivity index is 2.12. The van der Waals surface area contributed by atoms with E-state index < -0.39 is 0 Å². The summed E-state index contributed by atoms with van der Waals surface area (Å²) in [6, 6.07) is -0.251. The van der Waals surface area contributed by atoms with Crippen LogP contribution in [-0.4, -0.2) is 44.9 Å². The molecule has 2 rings (SSSR count). The molecule has 1 fully saturated rings. The third kappa shape index (κ3) is 2.37. The van der Waals surface area contributed by atoms with Crippen molar-refractivity contribution in [3.63, 3.8) is 0 Å². The molecule has 98 valence electrons. The summed E-state index contributed by atoms with van der Waals surface area (Å²) in [5.41, 5.74) is 0. The second-order valence-corrected chi connectivity index (χ2v) is 5.01. The zero-order valence-corrected chi connectivity index (χ0v) is 11.0. The lowest BCUT2D eigenvalue weighted by Crippen LogP contribution is -2.32. The lowest BCUT2D eigenvalue weighted by Gasteiger charge is -2.16. The fourth-order valence-electron chi connectivity index (χ4n) is 2.02. The van der Waals surface area contributed by atoms with Crippen molar-refractivity contribution in [2.45, 2.75) is 26.9 Å². The first kappa shape index (κ1) is 12.6. The molecule has 3 amide bonds. The van der Waals surface area contributed by atoms with Gasteiger partial charge in [-0.3, -0.25) is 9.69 Å². The normalized spacial score (nSPS) is 16.2. The minimum atomic E-state index is -0.251. The summed E-state index contributed by atoms with van der Waals surface area (Å²) in [5.74, 6) is 1.08. The van der Waals surface area contributed by atoms with E-state index in [-0.39, 0.29) is 25.0 Å². The topological polar surface area (TPSA) is 58.4 Å². The van der Waals surface area contributed by atoms with E-state index >= 15 is 0 Å². The molecule has 0 aliphatic carbocycles. The van der Waals surface area contributed by atoms with Gasteiger partial charge >= 0.3 is 6.03 Å². The van der Waals surface area contributed by atoms with Crippen molar-refractivity contribution in [3.05, 3.63) is 18.2 Å². The van der Waals surface area contributed by atoms with Gasteiger partial charge in [-0.2, -0.15) is 0 Å². The molecule has 0 bridgehead atoms. The Labute approximate surface area is 106 Å². The molecule has 1 aliphatic rings. The number of imide groups is 1. The second kappa shape index (κ2) is 4.80. The van der Waals surface area contributed by atoms with Gasteiger partial charge in [-0.1, -0.05) is 13.8 Å². The van der Waals surface area contributed by atoms with Gasteiger partial charge in [-0.25, -0.2) is 9.78 Å². The summed E-state index contributed by atoms with van der Waals surface area (Å²) in [6.45, 7) is 5.47. The van der Waals surface area contributed by atoms with E-state index in [9.17, 15) is 9.59 Å². The molecular formula is C12H18N4O2. The third-order valence-electron chi connectivity index (χ3n) is 2.89. The van der Waals surface area contributed by atoms with Gasteiger partial charge in [-0.05, 0) is 5.92 Å². The molecule has 0 atom stereocenters. The van der Waals surface area contributed by atoms with Crippen LogP contribution < -0.4 is 0 Å². The van der Waals surface area contributed by atoms with Gasteiger partial charge in [0.25, 0.3) is 5.91 Å². The highest BCUT2D eigenvalue weighted by Gasteiger charge is 2.34. The minimum Gasteiger partial charge on any atom is -0.333 e. The molecule has 1 aromatic heterocycles. The molecule has 0 spiro atoms. The number of carbonyl (C=O) groups excluding carboxylic acids is 2. The maximum absolute atomic E-state index is 11.8. The number of carbonyl (C=O) groups is 2. The van der Waals surface area contributed by atoms with Crippen LogP contribution in [0, 0.1) is 5.92 Å². The van der Waals surface area contributed by atoms with Gasteiger partial charge in [0, 0.05) is 26.0 Å². The van der Waals surface area contributed by atoms with Crippen molar-refractivity contribution in [2.75, 3.05) is 13.6 Å². The fraction of sp³-hybridized carbons (Fsp3) is 0.583. The summed E-state index contributed by atoms with van der Waals surface area (Å²) in [7, 11) is 1.63. The van der Waals surface area contributed by atoms with E-state index in [1.165, 1.54) is 9.80 Å². The average molecular weight is 250 g/mol. The maximum atomic E-state index is 11.8. The number of rotatable bonds is 4. The highest BCUT2D eigenvalue weighted by molar-refractivity contribution is 6.01. The Kier molecular flexibility index (Phi) is 3.36. The van der Waals surface area contributed by atoms with E-state index in [0.717, 1.165) is 12.4 Å². The monoisotopic (exact) mass is 250 g/mol. The number of imidazole rings is 1. The van der Waals surface area contributed by atoms with Crippen LogP contribution in [0.4, 0.5) is 4.79 Å². The van der Waals surface area contributed by atoms with Gasteiger partial charge in [0.05, 0.1) is 6.54 Å². The first-order valence-electron chi connectivity index (χ1n) is 6.04. The van der Waals surface area contributed by atoms with Crippen LogP contribution >= 0.6 is 0 Å². The van der Waals surface area contributed by atoms with Crippen LogP contribution in [0.25, 0.3) is 0 Å². The van der Waals surface area contributed by atoms with Crippen molar-refractivity contribution in [3.8, 4) is 0 Å². The molecular weight excluding hydrogens is 232 g/mol. The number of hydrogen-bond donors (Lipinski definition) is 0. The minimum absolute atomic E-state index is 0.156. The Hall–Kier alpha value is -1.85. The van der Waals surface area contributed by atoms with Crippen LogP contribution in [0.2, 0.25) is 0 Å². The van der Waals surface area contributed by atoms with Gasteiger partial charge < -0.3 is 9.47 Å². The largest absolute Gasteiger partial charge is 0.333 e. The summed E-state index contributed by atoms with van der Waals surface area (Å²) in [6.07, 6.45) is 3.58. The van der Waals surface area contributed by atoms with Crippen molar-refractivity contribution < 1.29 is 9.59 Å². The van der Waals surface area contributed by atoms with Gasteiger partial charge in [-0.15, -0.1) is 0 Å². The molecule has 2 heterocycles. The second-order valence-electron chi connectivity index (χ2n) is 5.01. The zero-order valence-electron chi connectivity index (χ0n) is 11.0. The number of urea groups is 1. The van der Waals surface area contributed by atoms with Crippen LogP contribution in [-0.2, 0) is 17.9 Å². The predicted molar refractivity (Wildman–Crippen MR) is 65.6 cm³/mol. The molecule has 0 saturated carbocycles. The third-order valence-corrected chi connectivity index (χ3v) is 2.89. The molecule has 0 unspecified atom stereocenters. The van der Waals surface area contributed by atoms with E-state index in [1.54, 1.807) is 13.2 Å². The Morgan fingerprint density at radius 1 is 1.39 bits per heavy atom. The lowest BCUT2D eigenvalue weighted by molar-refractivity contribution is -0.125. The molecule has 0 radical (unpaired) electrons.